The van der Waals surface area contributed by atoms with Gasteiger partial charge in [-0.3, -0.25) is 9.69 Å². The predicted octanol–water partition coefficient (Wildman–Crippen LogP) is 3.37. The molecule has 1 amide bonds. The van der Waals surface area contributed by atoms with Crippen LogP contribution in [0.3, 0.4) is 0 Å². The molecule has 1 heterocycles. The Hall–Kier alpha value is -2.61. The molecule has 0 atom stereocenters. The molecule has 2 fully saturated rings. The van der Waals surface area contributed by atoms with Gasteiger partial charge in [-0.1, -0.05) is 25.3 Å². The fourth-order valence-corrected chi connectivity index (χ4v) is 4.12. The topological polar surface area (TPSA) is 68.3 Å². The summed E-state index contributed by atoms with van der Waals surface area (Å²) in [6.07, 6.45) is 7.27. The van der Waals surface area contributed by atoms with E-state index in [0.29, 0.717) is 28.9 Å². The van der Waals surface area contributed by atoms with Gasteiger partial charge in [0, 0.05) is 13.1 Å². The molecule has 1 aliphatic carbocycles. The second-order valence-electron chi connectivity index (χ2n) is 7.34. The molecule has 30 heavy (non-hydrogen) atoms. The van der Waals surface area contributed by atoms with Crippen LogP contribution in [0.2, 0.25) is 0 Å². The Morgan fingerprint density at radius 2 is 1.93 bits per heavy atom. The number of hydrogen-bond acceptors (Lipinski definition) is 6. The highest BCUT2D eigenvalue weighted by molar-refractivity contribution is 7.80. The fraction of sp³-hybridized carbons (Fsp3) is 0.500. The number of methoxy groups -OCH3 is 1. The molecule has 162 valence electrons. The van der Waals surface area contributed by atoms with Crippen LogP contribution in [-0.4, -0.2) is 60.2 Å². The molecule has 1 aromatic rings. The summed E-state index contributed by atoms with van der Waals surface area (Å²) in [5, 5.41) is 0.557. The highest BCUT2D eigenvalue weighted by Crippen LogP contribution is 2.33. The molecule has 1 saturated carbocycles. The second-order valence-corrected chi connectivity index (χ2v) is 7.71. The number of ether oxygens (including phenoxy) is 3. The summed E-state index contributed by atoms with van der Waals surface area (Å²) in [7, 11) is 3.13. The van der Waals surface area contributed by atoms with Crippen LogP contribution < -0.4 is 9.47 Å². The lowest BCUT2D eigenvalue weighted by atomic mass is 9.94. The Labute approximate surface area is 182 Å². The zero-order chi connectivity index (χ0) is 21.7. The molecule has 1 saturated heterocycles. The lowest BCUT2D eigenvalue weighted by Crippen LogP contribution is -2.41. The normalized spacial score (nSPS) is 18.8. The predicted molar refractivity (Wildman–Crippen MR) is 117 cm³/mol. The summed E-state index contributed by atoms with van der Waals surface area (Å²) in [5.74, 6) is 0.405. The van der Waals surface area contributed by atoms with Gasteiger partial charge >= 0.3 is 5.97 Å². The third-order valence-corrected chi connectivity index (χ3v) is 5.85. The first kappa shape index (κ1) is 22.1. The highest BCUT2D eigenvalue weighted by Gasteiger charge is 2.40. The monoisotopic (exact) mass is 432 g/mol. The second kappa shape index (κ2) is 9.93. The molecule has 0 N–H and O–H groups in total. The van der Waals surface area contributed by atoms with Gasteiger partial charge in [-0.15, -0.1) is 0 Å². The van der Waals surface area contributed by atoms with Crippen molar-refractivity contribution in [1.82, 2.24) is 9.80 Å². The number of hydrogen-bond donors (Lipinski definition) is 0. The van der Waals surface area contributed by atoms with Gasteiger partial charge in [-0.25, -0.2) is 4.79 Å². The number of esters is 1. The van der Waals surface area contributed by atoms with Gasteiger partial charge in [0.2, 0.25) is 0 Å². The SMILES string of the molecule is CCOc1cc(/C=C2/C(=O)N(C3CCCCC3)C(=S)N2C)ccc1OCC(=O)OC. The van der Waals surface area contributed by atoms with Crippen LogP contribution in [0.5, 0.6) is 11.5 Å². The van der Waals surface area contributed by atoms with Crippen molar-refractivity contribution >= 4 is 35.3 Å². The number of benzene rings is 1. The van der Waals surface area contributed by atoms with E-state index in [-0.39, 0.29) is 18.6 Å². The van der Waals surface area contributed by atoms with Crippen LogP contribution >= 0.6 is 12.2 Å². The molecular formula is C22H28N2O5S. The molecule has 7 nitrogen and oxygen atoms in total. The largest absolute Gasteiger partial charge is 0.490 e. The van der Waals surface area contributed by atoms with Crippen molar-refractivity contribution in [2.45, 2.75) is 45.1 Å². The summed E-state index contributed by atoms with van der Waals surface area (Å²) in [6.45, 7) is 2.10. The van der Waals surface area contributed by atoms with Crippen LogP contribution in [0.25, 0.3) is 6.08 Å². The van der Waals surface area contributed by atoms with Crippen molar-refractivity contribution in [3.8, 4) is 11.5 Å². The van der Waals surface area contributed by atoms with Crippen molar-refractivity contribution in [3.63, 3.8) is 0 Å². The van der Waals surface area contributed by atoms with Gasteiger partial charge < -0.3 is 19.1 Å². The molecule has 0 aromatic heterocycles. The molecule has 0 spiro atoms. The number of carbonyl (C=O) groups excluding carboxylic acids is 2. The van der Waals surface area contributed by atoms with Gasteiger partial charge in [0.15, 0.2) is 23.2 Å². The van der Waals surface area contributed by atoms with E-state index in [9.17, 15) is 9.59 Å². The first-order valence-corrected chi connectivity index (χ1v) is 10.7. The van der Waals surface area contributed by atoms with Gasteiger partial charge in [0.25, 0.3) is 5.91 Å². The number of likely N-dealkylation sites (N-methyl/N-ethyl adjacent to an activating group) is 1. The Bertz CT molecular complexity index is 848. The van der Waals surface area contributed by atoms with Crippen LogP contribution in [0, 0.1) is 0 Å². The highest BCUT2D eigenvalue weighted by atomic mass is 32.1. The summed E-state index contributed by atoms with van der Waals surface area (Å²) in [5.41, 5.74) is 1.32. The maximum Gasteiger partial charge on any atom is 0.343 e. The summed E-state index contributed by atoms with van der Waals surface area (Å²) >= 11 is 5.57. The standard InChI is InChI=1S/C22H28N2O5S/c1-4-28-19-13-15(10-11-18(19)29-14-20(25)27-3)12-17-21(26)24(22(30)23(17)2)16-8-6-5-7-9-16/h10-13,16H,4-9,14H2,1-3H3/b17-12-. The third-order valence-electron chi connectivity index (χ3n) is 5.38. The molecule has 2 aliphatic rings. The van der Waals surface area contributed by atoms with Gasteiger partial charge in [-0.2, -0.15) is 0 Å². The molecule has 0 bridgehead atoms. The fourth-order valence-electron chi connectivity index (χ4n) is 3.79. The number of rotatable bonds is 7. The summed E-state index contributed by atoms with van der Waals surface area (Å²) in [6, 6.07) is 5.50. The van der Waals surface area contributed by atoms with Crippen molar-refractivity contribution in [1.29, 1.82) is 0 Å². The molecule has 1 aromatic carbocycles. The maximum atomic E-state index is 13.1. The van der Waals surface area contributed by atoms with E-state index in [1.807, 2.05) is 26.1 Å². The minimum Gasteiger partial charge on any atom is -0.490 e. The molecule has 0 unspecified atom stereocenters. The van der Waals surface area contributed by atoms with Crippen molar-refractivity contribution in [2.75, 3.05) is 27.4 Å². The van der Waals surface area contributed by atoms with Gasteiger partial charge in [0.1, 0.15) is 5.70 Å². The number of nitrogens with zero attached hydrogens (tertiary/aromatic N) is 2. The van der Waals surface area contributed by atoms with E-state index < -0.39 is 5.97 Å². The summed E-state index contributed by atoms with van der Waals surface area (Å²) in [4.78, 5) is 28.0. The van der Waals surface area contributed by atoms with Gasteiger partial charge in [-0.05, 0) is 55.8 Å². The Balaban J connectivity index is 1.84. The maximum absolute atomic E-state index is 13.1. The minimum absolute atomic E-state index is 0.0571. The van der Waals surface area contributed by atoms with Crippen LogP contribution in [0.15, 0.2) is 23.9 Å². The smallest absolute Gasteiger partial charge is 0.343 e. The molecule has 8 heteroatoms. The lowest BCUT2D eigenvalue weighted by molar-refractivity contribution is -0.142. The van der Waals surface area contributed by atoms with E-state index in [0.717, 1.165) is 31.2 Å². The Morgan fingerprint density at radius 1 is 1.20 bits per heavy atom. The average molecular weight is 433 g/mol. The van der Waals surface area contributed by atoms with Gasteiger partial charge in [0.05, 0.1) is 13.7 Å². The Kier molecular flexibility index (Phi) is 7.31. The third kappa shape index (κ3) is 4.75. The van der Waals surface area contributed by atoms with E-state index in [1.54, 1.807) is 21.9 Å². The van der Waals surface area contributed by atoms with E-state index in [2.05, 4.69) is 4.74 Å². The number of carbonyl (C=O) groups is 2. The first-order valence-electron chi connectivity index (χ1n) is 10.3. The van der Waals surface area contributed by atoms with Crippen molar-refractivity contribution in [2.24, 2.45) is 0 Å². The van der Waals surface area contributed by atoms with Crippen LogP contribution in [0.4, 0.5) is 0 Å². The molecular weight excluding hydrogens is 404 g/mol. The minimum atomic E-state index is -0.474. The number of amides is 1. The Morgan fingerprint density at radius 3 is 2.60 bits per heavy atom. The number of thiocarbonyl (C=S) groups is 1. The van der Waals surface area contributed by atoms with E-state index in [4.69, 9.17) is 21.7 Å². The zero-order valence-corrected chi connectivity index (χ0v) is 18.5. The molecule has 1 aliphatic heterocycles. The lowest BCUT2D eigenvalue weighted by Gasteiger charge is -2.30. The molecule has 0 radical (unpaired) electrons. The van der Waals surface area contributed by atoms with Crippen LogP contribution in [0.1, 0.15) is 44.6 Å². The quantitative estimate of drug-likeness (QED) is 0.372. The molecule has 3 rings (SSSR count). The van der Waals surface area contributed by atoms with Crippen molar-refractivity contribution in [3.05, 3.63) is 29.5 Å². The summed E-state index contributed by atoms with van der Waals surface area (Å²) < 4.78 is 15.8. The first-order chi connectivity index (χ1) is 14.5. The average Bonchev–Trinajstić information content (AvgIpc) is 2.97. The van der Waals surface area contributed by atoms with E-state index in [1.165, 1.54) is 13.5 Å². The van der Waals surface area contributed by atoms with Crippen LogP contribution in [-0.2, 0) is 14.3 Å². The zero-order valence-electron chi connectivity index (χ0n) is 17.7. The van der Waals surface area contributed by atoms with E-state index >= 15 is 0 Å². The van der Waals surface area contributed by atoms with Crippen molar-refractivity contribution < 1.29 is 23.8 Å².